The average molecular weight is 256 g/mol. The molecule has 0 radical (unpaired) electrons. The molecular formula is C4HBrCl2MgS. The third-order valence-corrected chi connectivity index (χ3v) is 2.13. The predicted octanol–water partition coefficient (Wildman–Crippen LogP) is -0.522. The van der Waals surface area contributed by atoms with Crippen molar-refractivity contribution in [2.24, 2.45) is 0 Å². The molecule has 0 bridgehead atoms. The molecule has 1 aromatic heterocycles. The molecule has 0 spiro atoms. The Morgan fingerprint density at radius 1 is 1.44 bits per heavy atom. The van der Waals surface area contributed by atoms with Gasteiger partial charge in [-0.25, -0.2) is 0 Å². The van der Waals surface area contributed by atoms with Crippen molar-refractivity contribution in [3.63, 3.8) is 0 Å². The molecule has 0 atom stereocenters. The van der Waals surface area contributed by atoms with Gasteiger partial charge in [0.15, 0.2) is 0 Å². The molecule has 0 nitrogen and oxygen atoms in total. The molecule has 1 rings (SSSR count). The smallest absolute Gasteiger partial charge is 1.00 e. The van der Waals surface area contributed by atoms with Crippen molar-refractivity contribution >= 4 is 57.6 Å². The van der Waals surface area contributed by atoms with Crippen LogP contribution in [0.3, 0.4) is 0 Å². The van der Waals surface area contributed by atoms with Crippen LogP contribution in [0, 0.1) is 5.38 Å². The summed E-state index contributed by atoms with van der Waals surface area (Å²) in [4.78, 5) is 0. The first kappa shape index (κ1) is 13.1. The Balaban J connectivity index is 0. The van der Waals surface area contributed by atoms with Crippen LogP contribution in [0.2, 0.25) is 10.0 Å². The van der Waals surface area contributed by atoms with E-state index in [4.69, 9.17) is 23.2 Å². The van der Waals surface area contributed by atoms with Gasteiger partial charge in [-0.05, 0) is 0 Å². The second kappa shape index (κ2) is 6.25. The summed E-state index contributed by atoms with van der Waals surface area (Å²) in [6.45, 7) is 0. The van der Waals surface area contributed by atoms with Crippen LogP contribution < -0.4 is 17.0 Å². The molecule has 0 aliphatic rings. The Labute approximate surface area is 94.5 Å². The van der Waals surface area contributed by atoms with E-state index in [0.717, 1.165) is 0 Å². The van der Waals surface area contributed by atoms with Gasteiger partial charge in [-0.1, -0.05) is 10.0 Å². The van der Waals surface area contributed by atoms with E-state index >= 15 is 0 Å². The van der Waals surface area contributed by atoms with Crippen LogP contribution in [0.4, 0.5) is 0 Å². The molecule has 46 valence electrons. The zero-order valence-corrected chi connectivity index (χ0v) is 9.66. The molecule has 0 aliphatic carbocycles. The monoisotopic (exact) mass is 254 g/mol. The van der Waals surface area contributed by atoms with Crippen LogP contribution in [-0.4, -0.2) is 23.1 Å². The summed E-state index contributed by atoms with van der Waals surface area (Å²) in [6, 6.07) is 0. The largest absolute Gasteiger partial charge is 2.00 e. The number of thiophene rings is 1. The van der Waals surface area contributed by atoms with Crippen molar-refractivity contribution < 1.29 is 17.0 Å². The molecule has 0 aliphatic heterocycles. The van der Waals surface area contributed by atoms with Crippen LogP contribution in [0.5, 0.6) is 0 Å². The molecule has 0 N–H and O–H groups in total. The van der Waals surface area contributed by atoms with Gasteiger partial charge in [0.05, 0.1) is 0 Å². The average Bonchev–Trinajstić information content (AvgIpc) is 1.91. The van der Waals surface area contributed by atoms with E-state index in [1.54, 1.807) is 5.38 Å². The van der Waals surface area contributed by atoms with Crippen LogP contribution in [0.25, 0.3) is 0 Å². The first-order valence-electron chi connectivity index (χ1n) is 1.61. The fraction of sp³-hybridized carbons (Fsp3) is 0. The van der Waals surface area contributed by atoms with Gasteiger partial charge in [0.2, 0.25) is 0 Å². The van der Waals surface area contributed by atoms with Gasteiger partial charge in [-0.3, -0.25) is 0 Å². The Morgan fingerprint density at radius 2 is 2.00 bits per heavy atom. The summed E-state index contributed by atoms with van der Waals surface area (Å²) in [5.74, 6) is 0. The topological polar surface area (TPSA) is 0 Å². The summed E-state index contributed by atoms with van der Waals surface area (Å²) in [5, 5.41) is 5.59. The molecule has 0 aromatic carbocycles. The molecule has 0 amide bonds. The zero-order chi connectivity index (χ0) is 5.28. The molecule has 5 heteroatoms. The third-order valence-electron chi connectivity index (χ3n) is 0.521. The Hall–Kier alpha value is 1.53. The number of hydrogen-bond acceptors (Lipinski definition) is 1. The normalized spacial score (nSPS) is 7.33. The first-order chi connectivity index (χ1) is 3.30. The Kier molecular flexibility index (Phi) is 9.13. The Morgan fingerprint density at radius 3 is 2.11 bits per heavy atom. The third kappa shape index (κ3) is 4.06. The van der Waals surface area contributed by atoms with Crippen LogP contribution in [-0.2, 0) is 0 Å². The van der Waals surface area contributed by atoms with Gasteiger partial charge in [0.1, 0.15) is 0 Å². The summed E-state index contributed by atoms with van der Waals surface area (Å²) in [5.41, 5.74) is 0. The number of halogens is 3. The first-order valence-corrected chi connectivity index (χ1v) is 3.24. The number of rotatable bonds is 0. The van der Waals surface area contributed by atoms with E-state index in [9.17, 15) is 0 Å². The Bertz CT molecular complexity index is 151. The maximum atomic E-state index is 5.47. The second-order valence-electron chi connectivity index (χ2n) is 1.000. The predicted molar refractivity (Wildman–Crippen MR) is 38.9 cm³/mol. The van der Waals surface area contributed by atoms with E-state index in [-0.39, 0.29) is 40.0 Å². The van der Waals surface area contributed by atoms with Crippen molar-refractivity contribution in [1.82, 2.24) is 0 Å². The summed E-state index contributed by atoms with van der Waals surface area (Å²) in [7, 11) is 0. The molecular weight excluding hydrogens is 255 g/mol. The standard InChI is InChI=1S/C4HCl2S.BrH.Mg/c5-3-1-7-2-4(3)6;;/h1H;1H;/q-1;;+2/p-1. The molecule has 0 saturated carbocycles. The molecule has 0 fully saturated rings. The van der Waals surface area contributed by atoms with Crippen molar-refractivity contribution in [3.8, 4) is 0 Å². The van der Waals surface area contributed by atoms with E-state index in [1.807, 2.05) is 0 Å². The molecule has 0 saturated heterocycles. The van der Waals surface area contributed by atoms with Gasteiger partial charge in [-0.15, -0.1) is 22.4 Å². The van der Waals surface area contributed by atoms with Crippen molar-refractivity contribution in [3.05, 3.63) is 20.8 Å². The van der Waals surface area contributed by atoms with Crippen LogP contribution in [0.1, 0.15) is 0 Å². The van der Waals surface area contributed by atoms with Gasteiger partial charge in [0.25, 0.3) is 0 Å². The van der Waals surface area contributed by atoms with Gasteiger partial charge >= 0.3 is 23.1 Å². The van der Waals surface area contributed by atoms with Crippen LogP contribution in [0.15, 0.2) is 5.38 Å². The second-order valence-corrected chi connectivity index (χ2v) is 2.46. The van der Waals surface area contributed by atoms with Crippen molar-refractivity contribution in [1.29, 1.82) is 0 Å². The fourth-order valence-corrected chi connectivity index (χ4v) is 1.22. The van der Waals surface area contributed by atoms with Crippen molar-refractivity contribution in [2.75, 3.05) is 0 Å². The molecule has 9 heavy (non-hydrogen) atoms. The summed E-state index contributed by atoms with van der Waals surface area (Å²) in [6.07, 6.45) is 0. The minimum absolute atomic E-state index is 0. The van der Waals surface area contributed by atoms with E-state index in [2.05, 4.69) is 5.38 Å². The van der Waals surface area contributed by atoms with E-state index < -0.39 is 0 Å². The number of hydrogen-bond donors (Lipinski definition) is 0. The fourth-order valence-electron chi connectivity index (χ4n) is 0.233. The van der Waals surface area contributed by atoms with Gasteiger partial charge in [-0.2, -0.15) is 11.6 Å². The maximum absolute atomic E-state index is 5.47. The van der Waals surface area contributed by atoms with E-state index in [1.165, 1.54) is 11.3 Å². The minimum atomic E-state index is 0. The van der Waals surface area contributed by atoms with Crippen LogP contribution >= 0.6 is 34.5 Å². The van der Waals surface area contributed by atoms with Gasteiger partial charge in [0, 0.05) is 0 Å². The minimum Gasteiger partial charge on any atom is -1.00 e. The zero-order valence-electron chi connectivity index (χ0n) is 4.33. The molecule has 0 unspecified atom stereocenters. The summed E-state index contributed by atoms with van der Waals surface area (Å²) >= 11 is 12.3. The van der Waals surface area contributed by atoms with E-state index in [0.29, 0.717) is 10.0 Å². The quantitative estimate of drug-likeness (QED) is 0.433. The maximum Gasteiger partial charge on any atom is 2.00 e. The molecule has 1 aromatic rings. The van der Waals surface area contributed by atoms with Crippen molar-refractivity contribution in [2.45, 2.75) is 0 Å². The SMILES string of the molecule is Clc1[c-]scc1Cl.[Br-].[Mg+2]. The summed E-state index contributed by atoms with van der Waals surface area (Å²) < 4.78 is 0. The molecule has 1 heterocycles. The van der Waals surface area contributed by atoms with Gasteiger partial charge < -0.3 is 28.3 Å².